The third kappa shape index (κ3) is 5.26. The lowest BCUT2D eigenvalue weighted by molar-refractivity contribution is -0.121. The molecule has 0 aliphatic heterocycles. The molecule has 5 nitrogen and oxygen atoms in total. The van der Waals surface area contributed by atoms with Crippen LogP contribution in [0.15, 0.2) is 47.1 Å². The normalized spacial score (nSPS) is 10.2. The number of amides is 2. The van der Waals surface area contributed by atoms with Crippen LogP contribution < -0.4 is 10.6 Å². The largest absolute Gasteiger partial charge is 0.459 e. The zero-order chi connectivity index (χ0) is 15.8. The van der Waals surface area contributed by atoms with Crippen molar-refractivity contribution < 1.29 is 14.0 Å². The summed E-state index contributed by atoms with van der Waals surface area (Å²) in [6.07, 6.45) is 2.49. The van der Waals surface area contributed by atoms with E-state index in [1.54, 1.807) is 24.3 Å². The Labute approximate surface area is 133 Å². The Morgan fingerprint density at radius 3 is 2.45 bits per heavy atom. The Balaban J connectivity index is 1.59. The molecule has 1 aromatic carbocycles. The maximum Gasteiger partial charge on any atom is 0.287 e. The molecule has 2 rings (SSSR count). The summed E-state index contributed by atoms with van der Waals surface area (Å²) >= 11 is 5.80. The maximum atomic E-state index is 11.7. The van der Waals surface area contributed by atoms with Crippen LogP contribution in [-0.2, 0) is 11.2 Å². The molecular weight excluding hydrogens is 304 g/mol. The minimum Gasteiger partial charge on any atom is -0.459 e. The predicted octanol–water partition coefficient (Wildman–Crippen LogP) is 2.41. The van der Waals surface area contributed by atoms with E-state index < -0.39 is 0 Å². The SMILES string of the molecule is O=C(CCc1ccc(Cl)cc1)NCCNC(=O)c1ccco1. The van der Waals surface area contributed by atoms with Gasteiger partial charge in [0.2, 0.25) is 5.91 Å². The van der Waals surface area contributed by atoms with Gasteiger partial charge in [-0.3, -0.25) is 9.59 Å². The molecular formula is C16H17ClN2O3. The van der Waals surface area contributed by atoms with E-state index in [2.05, 4.69) is 10.6 Å². The van der Waals surface area contributed by atoms with E-state index in [0.29, 0.717) is 31.0 Å². The van der Waals surface area contributed by atoms with Crippen LogP contribution in [0.5, 0.6) is 0 Å². The summed E-state index contributed by atoms with van der Waals surface area (Å²) < 4.78 is 4.96. The van der Waals surface area contributed by atoms with Crippen molar-refractivity contribution in [2.75, 3.05) is 13.1 Å². The standard InChI is InChI=1S/C16H17ClN2O3/c17-13-6-3-12(4-7-13)5-8-15(20)18-9-10-19-16(21)14-2-1-11-22-14/h1-4,6-7,11H,5,8-10H2,(H,18,20)(H,19,21). The van der Waals surface area contributed by atoms with Crippen LogP contribution in [0.1, 0.15) is 22.5 Å². The first-order valence-corrected chi connectivity index (χ1v) is 7.36. The van der Waals surface area contributed by atoms with E-state index in [9.17, 15) is 9.59 Å². The third-order valence-electron chi connectivity index (χ3n) is 3.03. The highest BCUT2D eigenvalue weighted by Crippen LogP contribution is 2.10. The molecule has 116 valence electrons. The van der Waals surface area contributed by atoms with Crippen LogP contribution in [0, 0.1) is 0 Å². The van der Waals surface area contributed by atoms with Gasteiger partial charge in [0.1, 0.15) is 0 Å². The van der Waals surface area contributed by atoms with Crippen LogP contribution in [0.3, 0.4) is 0 Å². The second kappa shape index (κ2) is 8.24. The molecule has 0 bridgehead atoms. The monoisotopic (exact) mass is 320 g/mol. The van der Waals surface area contributed by atoms with Crippen molar-refractivity contribution >= 4 is 23.4 Å². The van der Waals surface area contributed by atoms with Crippen LogP contribution in [0.2, 0.25) is 5.02 Å². The molecule has 0 fully saturated rings. The lowest BCUT2D eigenvalue weighted by atomic mass is 10.1. The highest BCUT2D eigenvalue weighted by molar-refractivity contribution is 6.30. The highest BCUT2D eigenvalue weighted by atomic mass is 35.5. The van der Waals surface area contributed by atoms with Crippen molar-refractivity contribution in [2.24, 2.45) is 0 Å². The van der Waals surface area contributed by atoms with Gasteiger partial charge in [-0.1, -0.05) is 23.7 Å². The molecule has 0 spiro atoms. The number of benzene rings is 1. The van der Waals surface area contributed by atoms with Gasteiger partial charge in [-0.15, -0.1) is 0 Å². The van der Waals surface area contributed by atoms with Gasteiger partial charge in [-0.25, -0.2) is 0 Å². The number of hydrogen-bond donors (Lipinski definition) is 2. The van der Waals surface area contributed by atoms with Crippen molar-refractivity contribution in [3.8, 4) is 0 Å². The second-order valence-corrected chi connectivity index (χ2v) is 5.15. The Morgan fingerprint density at radius 2 is 1.77 bits per heavy atom. The molecule has 0 radical (unpaired) electrons. The molecule has 0 unspecified atom stereocenters. The number of carbonyl (C=O) groups excluding carboxylic acids is 2. The molecule has 22 heavy (non-hydrogen) atoms. The molecule has 2 amide bonds. The first-order chi connectivity index (χ1) is 10.6. The van der Waals surface area contributed by atoms with Crippen molar-refractivity contribution in [1.82, 2.24) is 10.6 Å². The van der Waals surface area contributed by atoms with Gasteiger partial charge in [0.25, 0.3) is 5.91 Å². The molecule has 2 N–H and O–H groups in total. The Bertz CT molecular complexity index is 609. The Kier molecular flexibility index (Phi) is 6.03. The van der Waals surface area contributed by atoms with Crippen LogP contribution in [0.4, 0.5) is 0 Å². The van der Waals surface area contributed by atoms with Gasteiger partial charge in [-0.2, -0.15) is 0 Å². The summed E-state index contributed by atoms with van der Waals surface area (Å²) in [6, 6.07) is 10.6. The smallest absolute Gasteiger partial charge is 0.287 e. The first kappa shape index (κ1) is 16.1. The summed E-state index contributed by atoms with van der Waals surface area (Å²) in [5, 5.41) is 6.09. The molecule has 2 aromatic rings. The van der Waals surface area contributed by atoms with Gasteiger partial charge < -0.3 is 15.1 Å². The van der Waals surface area contributed by atoms with E-state index in [1.807, 2.05) is 12.1 Å². The van der Waals surface area contributed by atoms with Crippen molar-refractivity contribution in [3.05, 3.63) is 59.0 Å². The average molecular weight is 321 g/mol. The Morgan fingerprint density at radius 1 is 1.05 bits per heavy atom. The van der Waals surface area contributed by atoms with Gasteiger partial charge in [-0.05, 0) is 36.2 Å². The van der Waals surface area contributed by atoms with Gasteiger partial charge in [0.05, 0.1) is 6.26 Å². The van der Waals surface area contributed by atoms with E-state index in [4.69, 9.17) is 16.0 Å². The lowest BCUT2D eigenvalue weighted by Gasteiger charge is -2.06. The fourth-order valence-corrected chi connectivity index (χ4v) is 2.00. The van der Waals surface area contributed by atoms with E-state index in [-0.39, 0.29) is 17.6 Å². The molecule has 6 heteroatoms. The van der Waals surface area contributed by atoms with E-state index in [0.717, 1.165) is 5.56 Å². The number of nitrogens with one attached hydrogen (secondary N) is 2. The summed E-state index contributed by atoms with van der Waals surface area (Å²) in [6.45, 7) is 0.734. The summed E-state index contributed by atoms with van der Waals surface area (Å²) in [4.78, 5) is 23.2. The van der Waals surface area contributed by atoms with Crippen LogP contribution >= 0.6 is 11.6 Å². The quantitative estimate of drug-likeness (QED) is 0.770. The number of hydrogen-bond acceptors (Lipinski definition) is 3. The zero-order valence-electron chi connectivity index (χ0n) is 12.0. The van der Waals surface area contributed by atoms with Gasteiger partial charge >= 0.3 is 0 Å². The van der Waals surface area contributed by atoms with Gasteiger partial charge in [0.15, 0.2) is 5.76 Å². The third-order valence-corrected chi connectivity index (χ3v) is 3.28. The number of halogens is 1. The summed E-state index contributed by atoms with van der Waals surface area (Å²) in [7, 11) is 0. The van der Waals surface area contributed by atoms with Crippen molar-refractivity contribution in [2.45, 2.75) is 12.8 Å². The molecule has 0 saturated carbocycles. The summed E-state index contributed by atoms with van der Waals surface area (Å²) in [5.41, 5.74) is 1.06. The minimum atomic E-state index is -0.291. The fourth-order valence-electron chi connectivity index (χ4n) is 1.87. The average Bonchev–Trinajstić information content (AvgIpc) is 3.05. The topological polar surface area (TPSA) is 71.3 Å². The van der Waals surface area contributed by atoms with E-state index >= 15 is 0 Å². The lowest BCUT2D eigenvalue weighted by Crippen LogP contribution is -2.34. The minimum absolute atomic E-state index is 0.0535. The molecule has 1 heterocycles. The van der Waals surface area contributed by atoms with Crippen LogP contribution in [0.25, 0.3) is 0 Å². The highest BCUT2D eigenvalue weighted by Gasteiger charge is 2.07. The zero-order valence-corrected chi connectivity index (χ0v) is 12.7. The Hall–Kier alpha value is -2.27. The molecule has 0 aliphatic rings. The van der Waals surface area contributed by atoms with Crippen molar-refractivity contribution in [3.63, 3.8) is 0 Å². The first-order valence-electron chi connectivity index (χ1n) is 6.98. The predicted molar refractivity (Wildman–Crippen MR) is 83.8 cm³/mol. The molecule has 0 saturated heterocycles. The number of aryl methyl sites for hydroxylation is 1. The van der Waals surface area contributed by atoms with Gasteiger partial charge in [0, 0.05) is 24.5 Å². The summed E-state index contributed by atoms with van der Waals surface area (Å²) in [5.74, 6) is -0.0864. The second-order valence-electron chi connectivity index (χ2n) is 4.71. The molecule has 0 atom stereocenters. The van der Waals surface area contributed by atoms with Crippen LogP contribution in [-0.4, -0.2) is 24.9 Å². The maximum absolute atomic E-state index is 11.7. The molecule has 1 aromatic heterocycles. The number of carbonyl (C=O) groups is 2. The van der Waals surface area contributed by atoms with Crippen molar-refractivity contribution in [1.29, 1.82) is 0 Å². The number of furan rings is 1. The van der Waals surface area contributed by atoms with E-state index in [1.165, 1.54) is 6.26 Å². The fraction of sp³-hybridized carbons (Fsp3) is 0.250. The number of rotatable bonds is 7. The molecule has 0 aliphatic carbocycles.